The molecule has 0 aromatic heterocycles. The standard InChI is InChI=1S/C12H23N/c1-12(10-13-11-6-7-11)8-4-2-3-5-9-12/h11,13H,2-10H2,1H3. The molecule has 2 aliphatic carbocycles. The average Bonchev–Trinajstić information content (AvgIpc) is 2.89. The number of hydrogen-bond donors (Lipinski definition) is 1. The molecule has 13 heavy (non-hydrogen) atoms. The van der Waals surface area contributed by atoms with Gasteiger partial charge in [-0.25, -0.2) is 0 Å². The third-order valence-electron chi connectivity index (χ3n) is 3.71. The Labute approximate surface area is 82.3 Å². The van der Waals surface area contributed by atoms with Crippen molar-refractivity contribution in [2.75, 3.05) is 6.54 Å². The molecule has 0 aromatic rings. The quantitative estimate of drug-likeness (QED) is 0.660. The minimum atomic E-state index is 0.624. The van der Waals surface area contributed by atoms with Crippen LogP contribution >= 0.6 is 0 Å². The molecule has 0 saturated heterocycles. The fraction of sp³-hybridized carbons (Fsp3) is 1.00. The Morgan fingerprint density at radius 2 is 1.69 bits per heavy atom. The summed E-state index contributed by atoms with van der Waals surface area (Å²) in [6, 6.07) is 0.889. The van der Waals surface area contributed by atoms with Gasteiger partial charge in [-0.1, -0.05) is 32.6 Å². The van der Waals surface area contributed by atoms with Gasteiger partial charge >= 0.3 is 0 Å². The molecule has 0 atom stereocenters. The lowest BCUT2D eigenvalue weighted by Crippen LogP contribution is -2.32. The number of nitrogens with one attached hydrogen (secondary N) is 1. The van der Waals surface area contributed by atoms with E-state index in [4.69, 9.17) is 0 Å². The number of hydrogen-bond acceptors (Lipinski definition) is 1. The molecule has 2 aliphatic rings. The van der Waals surface area contributed by atoms with E-state index in [0.29, 0.717) is 5.41 Å². The zero-order valence-corrected chi connectivity index (χ0v) is 8.94. The second-order valence-corrected chi connectivity index (χ2v) is 5.38. The molecule has 0 bridgehead atoms. The summed E-state index contributed by atoms with van der Waals surface area (Å²) in [6.45, 7) is 3.76. The van der Waals surface area contributed by atoms with Crippen molar-refractivity contribution in [2.24, 2.45) is 5.41 Å². The normalized spacial score (nSPS) is 28.4. The lowest BCUT2D eigenvalue weighted by atomic mass is 9.82. The summed E-state index contributed by atoms with van der Waals surface area (Å²) < 4.78 is 0. The van der Waals surface area contributed by atoms with Crippen LogP contribution < -0.4 is 5.32 Å². The summed E-state index contributed by atoms with van der Waals surface area (Å²) in [5, 5.41) is 3.69. The van der Waals surface area contributed by atoms with Crippen molar-refractivity contribution in [2.45, 2.75) is 64.3 Å². The van der Waals surface area contributed by atoms with E-state index in [9.17, 15) is 0 Å². The smallest absolute Gasteiger partial charge is 0.00684 e. The summed E-state index contributed by atoms with van der Waals surface area (Å²) in [5.74, 6) is 0. The molecule has 0 aromatic carbocycles. The largest absolute Gasteiger partial charge is 0.313 e. The molecule has 2 fully saturated rings. The molecule has 1 heteroatoms. The van der Waals surface area contributed by atoms with Gasteiger partial charge in [-0.05, 0) is 31.1 Å². The van der Waals surface area contributed by atoms with Gasteiger partial charge in [0.15, 0.2) is 0 Å². The van der Waals surface area contributed by atoms with Gasteiger partial charge in [0.2, 0.25) is 0 Å². The topological polar surface area (TPSA) is 12.0 Å². The molecular formula is C12H23N. The van der Waals surface area contributed by atoms with Crippen molar-refractivity contribution in [3.05, 3.63) is 0 Å². The highest BCUT2D eigenvalue weighted by molar-refractivity contribution is 4.86. The van der Waals surface area contributed by atoms with Gasteiger partial charge in [0.05, 0.1) is 0 Å². The van der Waals surface area contributed by atoms with E-state index in [1.807, 2.05) is 0 Å². The monoisotopic (exact) mass is 181 g/mol. The third kappa shape index (κ3) is 2.98. The second kappa shape index (κ2) is 4.00. The highest BCUT2D eigenvalue weighted by atomic mass is 15.0. The van der Waals surface area contributed by atoms with Gasteiger partial charge in [0.25, 0.3) is 0 Å². The lowest BCUT2D eigenvalue weighted by Gasteiger charge is -2.28. The van der Waals surface area contributed by atoms with Crippen LogP contribution in [0.4, 0.5) is 0 Å². The molecule has 0 heterocycles. The molecular weight excluding hydrogens is 158 g/mol. The molecule has 0 spiro atoms. The van der Waals surface area contributed by atoms with E-state index in [2.05, 4.69) is 12.2 Å². The Bertz CT molecular complexity index is 153. The van der Waals surface area contributed by atoms with E-state index in [0.717, 1.165) is 6.04 Å². The maximum absolute atomic E-state index is 3.69. The summed E-state index contributed by atoms with van der Waals surface area (Å²) in [7, 11) is 0. The van der Waals surface area contributed by atoms with Crippen LogP contribution in [0, 0.1) is 5.41 Å². The number of rotatable bonds is 3. The molecule has 0 aliphatic heterocycles. The first kappa shape index (κ1) is 9.51. The van der Waals surface area contributed by atoms with E-state index in [-0.39, 0.29) is 0 Å². The average molecular weight is 181 g/mol. The summed E-state index contributed by atoms with van der Waals surface area (Å²) in [6.07, 6.45) is 11.6. The van der Waals surface area contributed by atoms with Crippen LogP contribution in [0.2, 0.25) is 0 Å². The Morgan fingerprint density at radius 3 is 2.23 bits per heavy atom. The molecule has 0 unspecified atom stereocenters. The van der Waals surface area contributed by atoms with E-state index < -0.39 is 0 Å². The molecule has 76 valence electrons. The van der Waals surface area contributed by atoms with Gasteiger partial charge in [-0.3, -0.25) is 0 Å². The predicted octanol–water partition coefficient (Wildman–Crippen LogP) is 3.10. The van der Waals surface area contributed by atoms with Crippen LogP contribution in [0.3, 0.4) is 0 Å². The van der Waals surface area contributed by atoms with Crippen molar-refractivity contribution in [1.82, 2.24) is 5.32 Å². The highest BCUT2D eigenvalue weighted by Crippen LogP contribution is 2.34. The Balaban J connectivity index is 1.76. The first-order valence-corrected chi connectivity index (χ1v) is 6.02. The Kier molecular flexibility index (Phi) is 2.92. The zero-order valence-electron chi connectivity index (χ0n) is 8.94. The minimum absolute atomic E-state index is 0.624. The summed E-state index contributed by atoms with van der Waals surface area (Å²) >= 11 is 0. The first-order chi connectivity index (χ1) is 6.29. The fourth-order valence-electron chi connectivity index (χ4n) is 2.44. The maximum atomic E-state index is 3.69. The van der Waals surface area contributed by atoms with Crippen molar-refractivity contribution in [3.63, 3.8) is 0 Å². The first-order valence-electron chi connectivity index (χ1n) is 6.02. The highest BCUT2D eigenvalue weighted by Gasteiger charge is 2.28. The van der Waals surface area contributed by atoms with Crippen molar-refractivity contribution >= 4 is 0 Å². The molecule has 1 nitrogen and oxygen atoms in total. The van der Waals surface area contributed by atoms with E-state index >= 15 is 0 Å². The van der Waals surface area contributed by atoms with Gasteiger partial charge in [0.1, 0.15) is 0 Å². The Morgan fingerprint density at radius 1 is 1.08 bits per heavy atom. The second-order valence-electron chi connectivity index (χ2n) is 5.38. The van der Waals surface area contributed by atoms with Crippen molar-refractivity contribution in [3.8, 4) is 0 Å². The summed E-state index contributed by atoms with van der Waals surface area (Å²) in [5.41, 5.74) is 0.624. The summed E-state index contributed by atoms with van der Waals surface area (Å²) in [4.78, 5) is 0. The van der Waals surface area contributed by atoms with E-state index in [1.54, 1.807) is 0 Å². The third-order valence-corrected chi connectivity index (χ3v) is 3.71. The van der Waals surface area contributed by atoms with Crippen LogP contribution in [0.25, 0.3) is 0 Å². The molecule has 2 rings (SSSR count). The predicted molar refractivity (Wildman–Crippen MR) is 56.8 cm³/mol. The molecule has 2 saturated carbocycles. The van der Waals surface area contributed by atoms with Gasteiger partial charge < -0.3 is 5.32 Å². The van der Waals surface area contributed by atoms with Crippen molar-refractivity contribution in [1.29, 1.82) is 0 Å². The lowest BCUT2D eigenvalue weighted by molar-refractivity contribution is 0.262. The molecule has 0 radical (unpaired) electrons. The van der Waals surface area contributed by atoms with Crippen LogP contribution in [-0.4, -0.2) is 12.6 Å². The van der Waals surface area contributed by atoms with Gasteiger partial charge in [-0.2, -0.15) is 0 Å². The van der Waals surface area contributed by atoms with Crippen LogP contribution in [0.15, 0.2) is 0 Å². The van der Waals surface area contributed by atoms with Crippen LogP contribution in [-0.2, 0) is 0 Å². The van der Waals surface area contributed by atoms with Crippen LogP contribution in [0.1, 0.15) is 58.3 Å². The minimum Gasteiger partial charge on any atom is -0.313 e. The maximum Gasteiger partial charge on any atom is 0.00684 e. The fourth-order valence-corrected chi connectivity index (χ4v) is 2.44. The molecule has 1 N–H and O–H groups in total. The van der Waals surface area contributed by atoms with Gasteiger partial charge in [-0.15, -0.1) is 0 Å². The van der Waals surface area contributed by atoms with E-state index in [1.165, 1.54) is 57.9 Å². The Hall–Kier alpha value is -0.0400. The SMILES string of the molecule is CC1(CNC2CC2)CCCCCC1. The van der Waals surface area contributed by atoms with Crippen LogP contribution in [0.5, 0.6) is 0 Å². The van der Waals surface area contributed by atoms with Gasteiger partial charge in [0, 0.05) is 12.6 Å². The molecule has 0 amide bonds. The zero-order chi connectivity index (χ0) is 9.15. The van der Waals surface area contributed by atoms with Crippen molar-refractivity contribution < 1.29 is 0 Å².